The highest BCUT2D eigenvalue weighted by Gasteiger charge is 2.31. The predicted octanol–water partition coefficient (Wildman–Crippen LogP) is 4.31. The number of aliphatic hydroxyl groups is 1. The Morgan fingerprint density at radius 3 is 2.78 bits per heavy atom. The largest absolute Gasteiger partial charge is 0.487 e. The van der Waals surface area contributed by atoms with Gasteiger partial charge >= 0.3 is 0 Å². The highest BCUT2D eigenvalue weighted by atomic mass is 79.9. The van der Waals surface area contributed by atoms with Gasteiger partial charge in [-0.05, 0) is 49.6 Å². The molecule has 2 heterocycles. The lowest BCUT2D eigenvalue weighted by Gasteiger charge is -2.16. The highest BCUT2D eigenvalue weighted by molar-refractivity contribution is 9.13. The van der Waals surface area contributed by atoms with Crippen LogP contribution < -0.4 is 4.74 Å². The van der Waals surface area contributed by atoms with Crippen LogP contribution in [0.25, 0.3) is 0 Å². The number of para-hydroxylation sites is 1. The van der Waals surface area contributed by atoms with Gasteiger partial charge < -0.3 is 9.84 Å². The van der Waals surface area contributed by atoms with E-state index >= 15 is 0 Å². The van der Waals surface area contributed by atoms with Gasteiger partial charge in [0.2, 0.25) is 0 Å². The molecule has 0 aliphatic carbocycles. The van der Waals surface area contributed by atoms with E-state index in [1.807, 2.05) is 30.3 Å². The summed E-state index contributed by atoms with van der Waals surface area (Å²) in [6, 6.07) is 9.87. The van der Waals surface area contributed by atoms with Crippen molar-refractivity contribution in [3.8, 4) is 5.75 Å². The summed E-state index contributed by atoms with van der Waals surface area (Å²) in [7, 11) is 0. The molecule has 2 atom stereocenters. The molecule has 0 amide bonds. The minimum absolute atomic E-state index is 0.195. The van der Waals surface area contributed by atoms with Gasteiger partial charge in [-0.2, -0.15) is 0 Å². The third-order valence-electron chi connectivity index (χ3n) is 2.98. The van der Waals surface area contributed by atoms with Gasteiger partial charge in [0.25, 0.3) is 0 Å². The molecule has 2 aromatic rings. The molecule has 1 aliphatic rings. The maximum atomic E-state index is 10.4. The van der Waals surface area contributed by atoms with Crippen LogP contribution in [0.2, 0.25) is 0 Å². The number of benzene rings is 1. The summed E-state index contributed by atoms with van der Waals surface area (Å²) in [5.41, 5.74) is 1.16. The maximum Gasteiger partial charge on any atom is 0.134 e. The number of rotatable bonds is 2. The van der Waals surface area contributed by atoms with Crippen LogP contribution in [0.5, 0.6) is 5.75 Å². The minimum atomic E-state index is -0.593. The van der Waals surface area contributed by atoms with E-state index in [1.165, 1.54) is 11.3 Å². The molecule has 94 valence electrons. The molecule has 1 aliphatic heterocycles. The number of hydrogen-bond acceptors (Lipinski definition) is 3. The second-order valence-electron chi connectivity index (χ2n) is 4.18. The summed E-state index contributed by atoms with van der Waals surface area (Å²) in [6.45, 7) is 0. The topological polar surface area (TPSA) is 29.5 Å². The van der Waals surface area contributed by atoms with Crippen LogP contribution in [0.15, 0.2) is 38.6 Å². The summed E-state index contributed by atoms with van der Waals surface area (Å²) in [5, 5.41) is 10.4. The van der Waals surface area contributed by atoms with E-state index in [1.54, 1.807) is 0 Å². The molecule has 2 nitrogen and oxygen atoms in total. The fraction of sp³-hybridized carbons (Fsp3) is 0.231. The van der Waals surface area contributed by atoms with E-state index in [0.29, 0.717) is 0 Å². The summed E-state index contributed by atoms with van der Waals surface area (Å²) in [4.78, 5) is 0.909. The average molecular weight is 390 g/mol. The normalized spacial score (nSPS) is 19.4. The third kappa shape index (κ3) is 2.25. The molecule has 1 aromatic carbocycles. The first-order valence-electron chi connectivity index (χ1n) is 5.52. The average Bonchev–Trinajstić information content (AvgIpc) is 2.93. The van der Waals surface area contributed by atoms with E-state index in [-0.39, 0.29) is 6.10 Å². The van der Waals surface area contributed by atoms with Gasteiger partial charge in [-0.25, -0.2) is 0 Å². The van der Waals surface area contributed by atoms with Crippen molar-refractivity contribution in [2.24, 2.45) is 0 Å². The maximum absolute atomic E-state index is 10.4. The van der Waals surface area contributed by atoms with E-state index < -0.39 is 6.10 Å². The first-order chi connectivity index (χ1) is 8.65. The van der Waals surface area contributed by atoms with Crippen LogP contribution in [0.3, 0.4) is 0 Å². The predicted molar refractivity (Wildman–Crippen MR) is 79.2 cm³/mol. The molecule has 5 heteroatoms. The van der Waals surface area contributed by atoms with E-state index in [0.717, 1.165) is 30.9 Å². The second-order valence-corrected chi connectivity index (χ2v) is 7.44. The van der Waals surface area contributed by atoms with Crippen LogP contribution in [0.1, 0.15) is 16.5 Å². The van der Waals surface area contributed by atoms with Crippen molar-refractivity contribution in [3.63, 3.8) is 0 Å². The number of thiophene rings is 1. The summed E-state index contributed by atoms with van der Waals surface area (Å²) < 4.78 is 7.76. The molecule has 0 fully saturated rings. The first kappa shape index (κ1) is 12.7. The standard InChI is InChI=1S/C13H10Br2O2S/c14-8-6-11(18-13(8)15)12(16)10-5-7-3-1-2-4-9(7)17-10/h1-4,6,10,12,16H,5H2. The van der Waals surface area contributed by atoms with Crippen molar-refractivity contribution >= 4 is 43.2 Å². The van der Waals surface area contributed by atoms with Gasteiger partial charge in [0.15, 0.2) is 0 Å². The molecular formula is C13H10Br2O2S. The Morgan fingerprint density at radius 2 is 2.11 bits per heavy atom. The number of fused-ring (bicyclic) bond motifs is 1. The molecule has 3 rings (SSSR count). The zero-order valence-corrected chi connectivity index (χ0v) is 13.3. The van der Waals surface area contributed by atoms with Gasteiger partial charge in [0.1, 0.15) is 18.0 Å². The van der Waals surface area contributed by atoms with Crippen LogP contribution in [-0.4, -0.2) is 11.2 Å². The lowest BCUT2D eigenvalue weighted by Crippen LogP contribution is -2.22. The second kappa shape index (κ2) is 4.96. The molecule has 2 unspecified atom stereocenters. The molecule has 0 spiro atoms. The Kier molecular flexibility index (Phi) is 3.49. The van der Waals surface area contributed by atoms with Crippen LogP contribution in [0.4, 0.5) is 0 Å². The Labute approximate surface area is 126 Å². The Balaban J connectivity index is 1.82. The van der Waals surface area contributed by atoms with Crippen molar-refractivity contribution in [1.29, 1.82) is 0 Å². The van der Waals surface area contributed by atoms with Crippen LogP contribution in [-0.2, 0) is 6.42 Å². The van der Waals surface area contributed by atoms with Gasteiger partial charge in [-0.3, -0.25) is 0 Å². The van der Waals surface area contributed by atoms with Crippen molar-refractivity contribution < 1.29 is 9.84 Å². The fourth-order valence-corrected chi connectivity index (χ4v) is 4.21. The summed E-state index contributed by atoms with van der Waals surface area (Å²) >= 11 is 8.40. The minimum Gasteiger partial charge on any atom is -0.487 e. The molecule has 0 saturated carbocycles. The number of aliphatic hydroxyl groups excluding tert-OH is 1. The molecular weight excluding hydrogens is 380 g/mol. The van der Waals surface area contributed by atoms with Crippen LogP contribution in [0, 0.1) is 0 Å². The molecule has 0 radical (unpaired) electrons. The van der Waals surface area contributed by atoms with Gasteiger partial charge in [0.05, 0.1) is 3.79 Å². The zero-order valence-electron chi connectivity index (χ0n) is 9.27. The van der Waals surface area contributed by atoms with Gasteiger partial charge in [0, 0.05) is 15.8 Å². The monoisotopic (exact) mass is 388 g/mol. The lowest BCUT2D eigenvalue weighted by molar-refractivity contribution is 0.0517. The molecule has 1 N–H and O–H groups in total. The van der Waals surface area contributed by atoms with E-state index in [2.05, 4.69) is 31.9 Å². The van der Waals surface area contributed by atoms with Gasteiger partial charge in [-0.1, -0.05) is 18.2 Å². The number of hydrogen-bond donors (Lipinski definition) is 1. The van der Waals surface area contributed by atoms with E-state index in [9.17, 15) is 5.11 Å². The van der Waals surface area contributed by atoms with Crippen molar-refractivity contribution in [2.45, 2.75) is 18.6 Å². The van der Waals surface area contributed by atoms with Crippen LogP contribution >= 0.6 is 43.2 Å². The lowest BCUT2D eigenvalue weighted by atomic mass is 10.1. The highest BCUT2D eigenvalue weighted by Crippen LogP contribution is 2.40. The van der Waals surface area contributed by atoms with Gasteiger partial charge in [-0.15, -0.1) is 11.3 Å². The van der Waals surface area contributed by atoms with Crippen molar-refractivity contribution in [1.82, 2.24) is 0 Å². The third-order valence-corrected chi connectivity index (χ3v) is 6.31. The fourth-order valence-electron chi connectivity index (χ4n) is 2.08. The smallest absolute Gasteiger partial charge is 0.134 e. The SMILES string of the molecule is OC(c1cc(Br)c(Br)s1)C1Cc2ccccc2O1. The summed E-state index contributed by atoms with van der Waals surface area (Å²) in [5.74, 6) is 0.885. The Hall–Kier alpha value is -0.360. The van der Waals surface area contributed by atoms with Crippen molar-refractivity contribution in [3.05, 3.63) is 49.0 Å². The number of halogens is 2. The molecule has 18 heavy (non-hydrogen) atoms. The molecule has 1 aromatic heterocycles. The number of ether oxygens (including phenoxy) is 1. The van der Waals surface area contributed by atoms with Crippen molar-refractivity contribution in [2.75, 3.05) is 0 Å². The Morgan fingerprint density at radius 1 is 1.33 bits per heavy atom. The Bertz CT molecular complexity index is 538. The van der Waals surface area contributed by atoms with E-state index in [4.69, 9.17) is 4.74 Å². The molecule has 0 bridgehead atoms. The summed E-state index contributed by atoms with van der Waals surface area (Å²) in [6.07, 6.45) is -0.0327. The zero-order chi connectivity index (χ0) is 12.7. The first-order valence-corrected chi connectivity index (χ1v) is 7.93. The molecule has 0 saturated heterocycles. The quantitative estimate of drug-likeness (QED) is 0.829.